The molecular formula is C25H25N3O7. The molecule has 1 N–H and O–H groups in total. The van der Waals surface area contributed by atoms with Crippen LogP contribution in [0.25, 0.3) is 10.8 Å². The lowest BCUT2D eigenvalue weighted by Crippen LogP contribution is -2.10. The summed E-state index contributed by atoms with van der Waals surface area (Å²) in [6, 6.07) is 13.1. The fourth-order valence-electron chi connectivity index (χ4n) is 2.85. The van der Waals surface area contributed by atoms with Crippen LogP contribution in [-0.2, 0) is 14.3 Å². The molecule has 0 bridgehead atoms. The third kappa shape index (κ3) is 7.81. The zero-order valence-electron chi connectivity index (χ0n) is 19.0. The molecule has 2 aromatic carbocycles. The van der Waals surface area contributed by atoms with Crippen LogP contribution in [0.4, 0.5) is 0 Å². The number of ether oxygens (including phenoxy) is 4. The van der Waals surface area contributed by atoms with E-state index in [1.165, 1.54) is 0 Å². The second kappa shape index (κ2) is 12.7. The predicted molar refractivity (Wildman–Crippen MR) is 127 cm³/mol. The first-order valence-corrected chi connectivity index (χ1v) is 10.8. The number of carbonyl (C=O) groups excluding carboxylic acids is 1. The minimum atomic E-state index is -1.10. The number of rotatable bonds is 14. The van der Waals surface area contributed by atoms with E-state index >= 15 is 0 Å². The Morgan fingerprint density at radius 3 is 2.29 bits per heavy atom. The van der Waals surface area contributed by atoms with Gasteiger partial charge in [-0.3, -0.25) is 0 Å². The number of carboxylic acid groups (broad SMARTS) is 1. The third-order valence-corrected chi connectivity index (χ3v) is 4.64. The van der Waals surface area contributed by atoms with Crippen LogP contribution in [0.5, 0.6) is 23.8 Å². The van der Waals surface area contributed by atoms with Gasteiger partial charge in [-0.15, -0.1) is 15.0 Å². The summed E-state index contributed by atoms with van der Waals surface area (Å²) in [4.78, 5) is 34.5. The lowest BCUT2D eigenvalue weighted by molar-refractivity contribution is -0.138. The summed E-state index contributed by atoms with van der Waals surface area (Å²) >= 11 is 0. The second-order valence-electron chi connectivity index (χ2n) is 7.20. The maximum absolute atomic E-state index is 11.1. The molecule has 0 spiro atoms. The Bertz CT molecular complexity index is 1210. The normalized spacial score (nSPS) is 10.4. The first kappa shape index (κ1) is 25.2. The molecular weight excluding hydrogens is 454 g/mol. The van der Waals surface area contributed by atoms with Crippen molar-refractivity contribution in [1.82, 2.24) is 15.0 Å². The van der Waals surface area contributed by atoms with E-state index < -0.39 is 11.9 Å². The van der Waals surface area contributed by atoms with E-state index in [0.29, 0.717) is 18.6 Å². The fraction of sp³-hybridized carbons (Fsp3) is 0.240. The van der Waals surface area contributed by atoms with Crippen molar-refractivity contribution in [2.24, 2.45) is 0 Å². The van der Waals surface area contributed by atoms with Crippen LogP contribution >= 0.6 is 0 Å². The molecule has 0 amide bonds. The minimum absolute atomic E-state index is 0.0000803. The van der Waals surface area contributed by atoms with Crippen molar-refractivity contribution in [2.45, 2.75) is 19.3 Å². The molecule has 0 saturated heterocycles. The van der Waals surface area contributed by atoms with Gasteiger partial charge in [0.05, 0.1) is 19.8 Å². The summed E-state index contributed by atoms with van der Waals surface area (Å²) in [6.07, 6.45) is 2.33. The molecule has 10 nitrogen and oxygen atoms in total. The van der Waals surface area contributed by atoms with Crippen LogP contribution in [0.1, 0.15) is 19.3 Å². The van der Waals surface area contributed by atoms with E-state index in [9.17, 15) is 9.59 Å². The minimum Gasteiger partial charge on any atom is -0.478 e. The molecule has 0 saturated carbocycles. The summed E-state index contributed by atoms with van der Waals surface area (Å²) in [5.41, 5.74) is -0.0000803. The molecule has 35 heavy (non-hydrogen) atoms. The highest BCUT2D eigenvalue weighted by Crippen LogP contribution is 2.29. The highest BCUT2D eigenvalue weighted by molar-refractivity contribution is 5.88. The van der Waals surface area contributed by atoms with E-state index in [2.05, 4.69) is 28.1 Å². The first-order chi connectivity index (χ1) is 17.0. The predicted octanol–water partition coefficient (Wildman–Crippen LogP) is 4.12. The van der Waals surface area contributed by atoms with Crippen molar-refractivity contribution >= 4 is 22.7 Å². The standard InChI is InChI=1S/C25H25N3O7/c1-3-21(29)32-14-6-7-15-33-23-26-24(34-16-13-17(2)22(30)31)28-25(27-23)35-20-12-8-10-18-9-4-5-11-19(18)20/h3-5,8-12H,1-2,6-7,13-16H2,(H,30,31). The highest BCUT2D eigenvalue weighted by atomic mass is 16.5. The van der Waals surface area contributed by atoms with Gasteiger partial charge in [0.25, 0.3) is 0 Å². The first-order valence-electron chi connectivity index (χ1n) is 10.8. The number of hydrogen-bond donors (Lipinski definition) is 1. The van der Waals surface area contributed by atoms with Crippen LogP contribution in [0, 0.1) is 0 Å². The monoisotopic (exact) mass is 479 g/mol. The van der Waals surface area contributed by atoms with Gasteiger partial charge in [-0.05, 0) is 24.3 Å². The van der Waals surface area contributed by atoms with Gasteiger partial charge in [-0.1, -0.05) is 49.6 Å². The molecule has 3 aromatic rings. The Morgan fingerprint density at radius 1 is 0.886 bits per heavy atom. The van der Waals surface area contributed by atoms with Gasteiger partial charge in [0, 0.05) is 23.5 Å². The molecule has 0 aliphatic carbocycles. The van der Waals surface area contributed by atoms with Crippen LogP contribution in [0.3, 0.4) is 0 Å². The van der Waals surface area contributed by atoms with Gasteiger partial charge in [0.15, 0.2) is 0 Å². The maximum atomic E-state index is 11.1. The van der Waals surface area contributed by atoms with Crippen LogP contribution in [0.15, 0.2) is 67.3 Å². The largest absolute Gasteiger partial charge is 0.478 e. The number of benzene rings is 2. The van der Waals surface area contributed by atoms with Crippen LogP contribution in [0.2, 0.25) is 0 Å². The molecule has 10 heteroatoms. The smallest absolute Gasteiger partial charge is 0.331 e. The number of fused-ring (bicyclic) bond motifs is 1. The third-order valence-electron chi connectivity index (χ3n) is 4.64. The van der Waals surface area contributed by atoms with Crippen molar-refractivity contribution in [3.8, 4) is 23.8 Å². The molecule has 0 aliphatic heterocycles. The van der Waals surface area contributed by atoms with Gasteiger partial charge in [0.2, 0.25) is 0 Å². The Balaban J connectivity index is 1.70. The van der Waals surface area contributed by atoms with E-state index in [-0.39, 0.29) is 49.8 Å². The summed E-state index contributed by atoms with van der Waals surface area (Å²) in [5, 5.41) is 10.8. The van der Waals surface area contributed by atoms with E-state index in [1.54, 1.807) is 6.07 Å². The summed E-state index contributed by atoms with van der Waals surface area (Å²) in [6.45, 7) is 7.29. The van der Waals surface area contributed by atoms with Gasteiger partial charge >= 0.3 is 30.0 Å². The number of carboxylic acids is 1. The quantitative estimate of drug-likeness (QED) is 0.205. The molecule has 182 valence electrons. The lowest BCUT2D eigenvalue weighted by Gasteiger charge is -2.11. The van der Waals surface area contributed by atoms with Gasteiger partial charge in [0.1, 0.15) is 5.75 Å². The average molecular weight is 479 g/mol. The number of aliphatic carboxylic acids is 1. The zero-order valence-corrected chi connectivity index (χ0v) is 19.0. The van der Waals surface area contributed by atoms with E-state index in [1.807, 2.05) is 36.4 Å². The fourth-order valence-corrected chi connectivity index (χ4v) is 2.85. The Labute approximate surface area is 201 Å². The van der Waals surface area contributed by atoms with E-state index in [4.69, 9.17) is 24.1 Å². The molecule has 0 fully saturated rings. The average Bonchev–Trinajstić information content (AvgIpc) is 2.86. The Morgan fingerprint density at radius 2 is 1.54 bits per heavy atom. The van der Waals surface area contributed by atoms with Gasteiger partial charge in [-0.2, -0.15) is 0 Å². The number of hydrogen-bond acceptors (Lipinski definition) is 9. The van der Waals surface area contributed by atoms with Crippen molar-refractivity contribution < 1.29 is 33.6 Å². The van der Waals surface area contributed by atoms with Crippen molar-refractivity contribution in [3.05, 3.63) is 67.3 Å². The number of aromatic nitrogens is 3. The van der Waals surface area contributed by atoms with Crippen LogP contribution in [-0.4, -0.2) is 51.8 Å². The Hall–Kier alpha value is -4.47. The Kier molecular flexibility index (Phi) is 9.12. The molecule has 0 unspecified atom stereocenters. The summed E-state index contributed by atoms with van der Waals surface area (Å²) < 4.78 is 22.0. The maximum Gasteiger partial charge on any atom is 0.331 e. The topological polar surface area (TPSA) is 130 Å². The van der Waals surface area contributed by atoms with E-state index in [0.717, 1.165) is 16.8 Å². The number of carbonyl (C=O) groups is 2. The summed E-state index contributed by atoms with van der Waals surface area (Å²) in [7, 11) is 0. The molecule has 1 aromatic heterocycles. The van der Waals surface area contributed by atoms with Gasteiger partial charge < -0.3 is 24.1 Å². The number of unbranched alkanes of at least 4 members (excludes halogenated alkanes) is 1. The highest BCUT2D eigenvalue weighted by Gasteiger charge is 2.13. The van der Waals surface area contributed by atoms with Crippen molar-refractivity contribution in [1.29, 1.82) is 0 Å². The molecule has 3 rings (SSSR count). The second-order valence-corrected chi connectivity index (χ2v) is 7.20. The van der Waals surface area contributed by atoms with Crippen molar-refractivity contribution in [3.63, 3.8) is 0 Å². The zero-order chi connectivity index (χ0) is 25.0. The molecule has 0 atom stereocenters. The SMILES string of the molecule is C=CC(=O)OCCCCOc1nc(OCCC(=C)C(=O)O)nc(Oc2cccc3ccccc23)n1. The summed E-state index contributed by atoms with van der Waals surface area (Å²) in [5.74, 6) is -1.05. The molecule has 0 radical (unpaired) electrons. The number of nitrogens with zero attached hydrogens (tertiary/aromatic N) is 3. The van der Waals surface area contributed by atoms with Crippen molar-refractivity contribution in [2.75, 3.05) is 19.8 Å². The van der Waals surface area contributed by atoms with Gasteiger partial charge in [-0.25, -0.2) is 9.59 Å². The molecule has 0 aliphatic rings. The van der Waals surface area contributed by atoms with Crippen LogP contribution < -0.4 is 14.2 Å². The molecule has 1 heterocycles. The lowest BCUT2D eigenvalue weighted by atomic mass is 10.1. The number of esters is 1.